The van der Waals surface area contributed by atoms with Crippen LogP contribution in [0.15, 0.2) is 67.3 Å². The van der Waals surface area contributed by atoms with Crippen LogP contribution in [0, 0.1) is 29.6 Å². The molecule has 0 aliphatic carbocycles. The van der Waals surface area contributed by atoms with E-state index in [0.717, 1.165) is 0 Å². The maximum absolute atomic E-state index is 14.8. The maximum Gasteiger partial charge on any atom is 0.410 e. The van der Waals surface area contributed by atoms with Crippen LogP contribution in [-0.2, 0) is 54.4 Å². The zero-order valence-electron chi connectivity index (χ0n) is 53.2. The number of amides is 10. The smallest absolute Gasteiger partial charge is 0.410 e. The molecule has 86 heavy (non-hydrogen) atoms. The first-order valence-electron chi connectivity index (χ1n) is 30.1. The minimum absolute atomic E-state index is 0.0830. The van der Waals surface area contributed by atoms with Gasteiger partial charge in [0.15, 0.2) is 0 Å². The molecular formula is C63H100N10O13. The fraction of sp³-hybridized carbons (Fsp3) is 0.635. The average molecular weight is 1210 g/mol. The number of nitrogens with zero attached hydrogens (tertiary/aromatic N) is 3. The van der Waals surface area contributed by atoms with Crippen LogP contribution in [0.2, 0.25) is 0 Å². The average Bonchev–Trinajstić information content (AvgIpc) is 2.88. The van der Waals surface area contributed by atoms with Crippen molar-refractivity contribution in [3.05, 3.63) is 78.4 Å². The predicted molar refractivity (Wildman–Crippen MR) is 328 cm³/mol. The van der Waals surface area contributed by atoms with E-state index >= 15 is 0 Å². The van der Waals surface area contributed by atoms with Crippen LogP contribution in [-0.4, -0.2) is 169 Å². The second-order valence-electron chi connectivity index (χ2n) is 23.6. The molecule has 0 radical (unpaired) electrons. The number of aliphatic hydroxyl groups is 1. The summed E-state index contributed by atoms with van der Waals surface area (Å²) in [5, 5.41) is 27.6. The summed E-state index contributed by atoms with van der Waals surface area (Å²) in [6.45, 7) is 22.1. The quantitative estimate of drug-likeness (QED) is 0.0310. The van der Waals surface area contributed by atoms with Gasteiger partial charge in [0.1, 0.15) is 30.8 Å². The molecule has 1 fully saturated rings. The predicted octanol–water partition coefficient (Wildman–Crippen LogP) is 5.56. The lowest BCUT2D eigenvalue weighted by Crippen LogP contribution is -2.60. The first kappa shape index (κ1) is 73.1. The zero-order valence-corrected chi connectivity index (χ0v) is 53.2. The summed E-state index contributed by atoms with van der Waals surface area (Å²) in [6, 6.07) is 9.03. The van der Waals surface area contributed by atoms with Crippen LogP contribution in [0.4, 0.5) is 15.3 Å². The summed E-state index contributed by atoms with van der Waals surface area (Å²) >= 11 is 0. The van der Waals surface area contributed by atoms with E-state index < -0.39 is 114 Å². The summed E-state index contributed by atoms with van der Waals surface area (Å²) in [5.41, 5.74) is 6.79. The van der Waals surface area contributed by atoms with E-state index in [1.807, 2.05) is 32.0 Å². The molecule has 1 aliphatic rings. The number of allylic oxidation sites excluding steroid dienone is 1. The molecule has 0 saturated carbocycles. The first-order chi connectivity index (χ1) is 40.6. The fourth-order valence-electron chi connectivity index (χ4n) is 10.9. The lowest BCUT2D eigenvalue weighted by molar-refractivity contribution is -0.148. The number of methoxy groups -OCH3 is 2. The van der Waals surface area contributed by atoms with Gasteiger partial charge in [0.25, 0.3) is 0 Å². The monoisotopic (exact) mass is 1200 g/mol. The van der Waals surface area contributed by atoms with Crippen LogP contribution in [0.3, 0.4) is 0 Å². The van der Waals surface area contributed by atoms with E-state index in [-0.39, 0.29) is 68.4 Å². The number of rotatable bonds is 35. The Morgan fingerprint density at radius 3 is 1.98 bits per heavy atom. The maximum atomic E-state index is 14.8. The molecule has 12 atom stereocenters. The third-order valence-corrected chi connectivity index (χ3v) is 16.1. The Balaban J connectivity index is 1.71. The van der Waals surface area contributed by atoms with E-state index in [4.69, 9.17) is 19.9 Å². The highest BCUT2D eigenvalue weighted by Crippen LogP contribution is 2.30. The number of anilines is 1. The largest absolute Gasteiger partial charge is 0.445 e. The number of aliphatic hydroxyl groups excluding tert-OH is 1. The summed E-state index contributed by atoms with van der Waals surface area (Å²) in [4.78, 5) is 126. The molecule has 1 unspecified atom stereocenters. The Kier molecular flexibility index (Phi) is 30.7. The Morgan fingerprint density at radius 1 is 0.779 bits per heavy atom. The number of ether oxygens (including phenoxy) is 3. The van der Waals surface area contributed by atoms with E-state index in [1.165, 1.54) is 26.2 Å². The third-order valence-electron chi connectivity index (χ3n) is 16.1. The van der Waals surface area contributed by atoms with E-state index in [9.17, 15) is 48.3 Å². The lowest BCUT2D eigenvalue weighted by Gasteiger charge is -2.41. The molecule has 10 amide bonds. The number of carbonyl (C=O) groups is 9. The van der Waals surface area contributed by atoms with Gasteiger partial charge in [-0.3, -0.25) is 38.5 Å². The number of likely N-dealkylation sites (N-methyl/N-ethyl adjacent to an activating group) is 2. The van der Waals surface area contributed by atoms with Crippen molar-refractivity contribution in [3.63, 3.8) is 0 Å². The van der Waals surface area contributed by atoms with Crippen LogP contribution < -0.4 is 37.6 Å². The van der Waals surface area contributed by atoms with Gasteiger partial charge in [-0.05, 0) is 86.0 Å². The van der Waals surface area contributed by atoms with Crippen molar-refractivity contribution in [1.82, 2.24) is 41.3 Å². The standard InChI is InChI=1S/C63H100N10O13/c1-16-18-28-49(74)69-51(37(3)4)59(79)68-46(26-22-33-65-62(64)82)58(78)67-45-31-29-43(30-32-45)36-86-63(83)72(13)53(39(7)8)60(80)70-52(38(5)6)61(81)71(12)54(40(9)17-2)48(84-14)35-50(75)73-34-23-27-47(73)56(85-15)41(10)57(77)66-42(11)55(76)44-24-20-19-21-25-44/h16,19-21,24-25,29-32,37-42,46-48,51-56,76H,1,17-18,22-23,26-28,33-36H2,2-15H3,(H,66,77)(H,67,78)(H,68,79)(H,69,74)(H,70,80)(H3,64,65,82)/t40-,41+,42+,46+,47?,48+,51+,52-,53-,54-,55+,56+/m1/s1. The summed E-state index contributed by atoms with van der Waals surface area (Å²) in [7, 11) is 6.10. The SMILES string of the molecule is C=CCCC(=O)N[C@H](C(=O)N[C@@H](CCCNC(N)=O)C(=O)Nc1ccc(COC(=O)N(C)[C@@H](C(=O)N[C@@H](C(=O)N(C)[C@H]([C@H](C)CC)[C@H](CC(=O)N2CCCC2[C@@H](OC)[C@H](C)C(=O)N[C@@H](C)[C@H](O)c2ccccc2)OC)C(C)C)C(C)C)cc1)C(C)C. The van der Waals surface area contributed by atoms with E-state index in [1.54, 1.807) is 115 Å². The molecule has 0 aromatic heterocycles. The highest BCUT2D eigenvalue weighted by Gasteiger charge is 2.44. The molecule has 2 aromatic rings. The van der Waals surface area contributed by atoms with Crippen LogP contribution >= 0.6 is 0 Å². The van der Waals surface area contributed by atoms with Crippen LogP contribution in [0.1, 0.15) is 138 Å². The topological polar surface area (TPSA) is 309 Å². The number of urea groups is 1. The number of nitrogens with one attached hydrogen (secondary N) is 6. The summed E-state index contributed by atoms with van der Waals surface area (Å²) < 4.78 is 17.7. The molecule has 0 spiro atoms. The Labute approximate surface area is 509 Å². The molecule has 23 nitrogen and oxygen atoms in total. The molecule has 1 saturated heterocycles. The number of likely N-dealkylation sites (tertiary alicyclic amines) is 1. The number of carbonyl (C=O) groups excluding carboxylic acids is 9. The van der Waals surface area contributed by atoms with Crippen molar-refractivity contribution < 1.29 is 62.5 Å². The second-order valence-corrected chi connectivity index (χ2v) is 23.6. The van der Waals surface area contributed by atoms with E-state index in [2.05, 4.69) is 38.5 Å². The van der Waals surface area contributed by atoms with Crippen molar-refractivity contribution in [2.75, 3.05) is 46.7 Å². The Morgan fingerprint density at radius 2 is 1.42 bits per heavy atom. The minimum Gasteiger partial charge on any atom is -0.445 e. The zero-order chi connectivity index (χ0) is 64.5. The Bertz CT molecular complexity index is 2530. The molecule has 0 bridgehead atoms. The second kappa shape index (κ2) is 36.1. The van der Waals surface area contributed by atoms with Gasteiger partial charge in [0.05, 0.1) is 48.8 Å². The Hall–Kier alpha value is -7.11. The van der Waals surface area contributed by atoms with Gasteiger partial charge in [0.2, 0.25) is 41.4 Å². The minimum atomic E-state index is -1.07. The number of hydrogen-bond acceptors (Lipinski definition) is 13. The van der Waals surface area contributed by atoms with Gasteiger partial charge in [-0.25, -0.2) is 9.59 Å². The summed E-state index contributed by atoms with van der Waals surface area (Å²) in [6.07, 6.45) is 1.25. The normalized spacial score (nSPS) is 17.0. The van der Waals surface area contributed by atoms with Gasteiger partial charge in [0, 0.05) is 53.5 Å². The van der Waals surface area contributed by atoms with Crippen molar-refractivity contribution >= 4 is 59.2 Å². The number of benzene rings is 2. The van der Waals surface area contributed by atoms with Crippen LogP contribution in [0.5, 0.6) is 0 Å². The number of nitrogens with two attached hydrogens (primary N) is 1. The highest BCUT2D eigenvalue weighted by molar-refractivity contribution is 5.98. The molecule has 23 heteroatoms. The molecular weight excluding hydrogens is 1100 g/mol. The van der Waals surface area contributed by atoms with Gasteiger partial charge < -0.3 is 66.8 Å². The highest BCUT2D eigenvalue weighted by atomic mass is 16.6. The molecule has 1 heterocycles. The number of hydrogen-bond donors (Lipinski definition) is 8. The summed E-state index contributed by atoms with van der Waals surface area (Å²) in [5.74, 6) is -4.98. The van der Waals surface area contributed by atoms with Gasteiger partial charge in [-0.15, -0.1) is 6.58 Å². The van der Waals surface area contributed by atoms with Crippen molar-refractivity contribution in [3.8, 4) is 0 Å². The molecule has 480 valence electrons. The molecule has 1 aliphatic heterocycles. The third kappa shape index (κ3) is 21.7. The molecule has 9 N–H and O–H groups in total. The van der Waals surface area contributed by atoms with Gasteiger partial charge in [-0.2, -0.15) is 0 Å². The van der Waals surface area contributed by atoms with Gasteiger partial charge in [-0.1, -0.05) is 117 Å². The van der Waals surface area contributed by atoms with Crippen molar-refractivity contribution in [1.29, 1.82) is 0 Å². The van der Waals surface area contributed by atoms with E-state index in [0.29, 0.717) is 49.0 Å². The van der Waals surface area contributed by atoms with Gasteiger partial charge >= 0.3 is 12.1 Å². The van der Waals surface area contributed by atoms with Crippen molar-refractivity contribution in [2.45, 2.75) is 188 Å². The van der Waals surface area contributed by atoms with Crippen molar-refractivity contribution in [2.24, 2.45) is 35.3 Å². The fourth-order valence-corrected chi connectivity index (χ4v) is 10.9. The number of primary amides is 1. The molecule has 3 rings (SSSR count). The first-order valence-corrected chi connectivity index (χ1v) is 30.1. The van der Waals surface area contributed by atoms with Crippen LogP contribution in [0.25, 0.3) is 0 Å². The lowest BCUT2D eigenvalue weighted by atomic mass is 9.89. The molecule has 2 aromatic carbocycles.